The van der Waals surface area contributed by atoms with E-state index in [9.17, 15) is 22.4 Å². The van der Waals surface area contributed by atoms with Gasteiger partial charge in [0.1, 0.15) is 17.2 Å². The number of esters is 1. The Kier molecular flexibility index (Phi) is 3.68. The molecule has 0 radical (unpaired) electrons. The van der Waals surface area contributed by atoms with Crippen LogP contribution in [-0.4, -0.2) is 12.6 Å². The average molecular weight is 247 g/mol. The Morgan fingerprint density at radius 1 is 1.18 bits per heavy atom. The summed E-state index contributed by atoms with van der Waals surface area (Å²) in [7, 11) is 0. The lowest BCUT2D eigenvalue weighted by molar-refractivity contribution is 0.0512. The molecule has 0 bridgehead atoms. The zero-order valence-electron chi connectivity index (χ0n) is 8.48. The van der Waals surface area contributed by atoms with E-state index >= 15 is 0 Å². The lowest BCUT2D eigenvalue weighted by Gasteiger charge is -2.07. The molecule has 0 N–H and O–H groups in total. The summed E-state index contributed by atoms with van der Waals surface area (Å²) in [5.74, 6) is -9.27. The molecule has 7 heteroatoms. The highest BCUT2D eigenvalue weighted by Crippen LogP contribution is 2.24. The number of hydrogen-bond donors (Lipinski definition) is 0. The average Bonchev–Trinajstić information content (AvgIpc) is 2.28. The molecule has 0 aliphatic rings. The fourth-order valence-electron chi connectivity index (χ4n) is 1.11. The van der Waals surface area contributed by atoms with E-state index in [1.807, 2.05) is 0 Å². The zero-order chi connectivity index (χ0) is 13.2. The molecule has 0 saturated heterocycles. The van der Waals surface area contributed by atoms with Crippen LogP contribution in [0.1, 0.15) is 22.8 Å². The third-order valence-electron chi connectivity index (χ3n) is 1.85. The summed E-state index contributed by atoms with van der Waals surface area (Å²) in [6.45, 7) is 1.13. The van der Waals surface area contributed by atoms with Gasteiger partial charge >= 0.3 is 5.97 Å². The van der Waals surface area contributed by atoms with Gasteiger partial charge < -0.3 is 4.74 Å². The van der Waals surface area contributed by atoms with E-state index in [-0.39, 0.29) is 6.61 Å². The number of nitrogens with zero attached hydrogens (tertiary/aromatic N) is 1. The van der Waals surface area contributed by atoms with E-state index in [1.165, 1.54) is 6.92 Å². The zero-order valence-corrected chi connectivity index (χ0v) is 8.48. The summed E-state index contributed by atoms with van der Waals surface area (Å²) in [6, 6.07) is 0.961. The third kappa shape index (κ3) is 2.06. The molecule has 1 aromatic rings. The maximum atomic E-state index is 13.2. The van der Waals surface area contributed by atoms with Gasteiger partial charge in [-0.15, -0.1) is 0 Å². The van der Waals surface area contributed by atoms with Crippen LogP contribution >= 0.6 is 0 Å². The maximum absolute atomic E-state index is 13.2. The molecule has 0 fully saturated rings. The van der Waals surface area contributed by atoms with Crippen molar-refractivity contribution in [2.24, 2.45) is 0 Å². The first-order valence-electron chi connectivity index (χ1n) is 4.38. The molecule has 1 rings (SSSR count). The fraction of sp³-hybridized carbons (Fsp3) is 0.200. The van der Waals surface area contributed by atoms with Gasteiger partial charge in [-0.2, -0.15) is 5.26 Å². The van der Waals surface area contributed by atoms with Crippen molar-refractivity contribution in [1.29, 1.82) is 5.26 Å². The second-order valence-electron chi connectivity index (χ2n) is 2.84. The van der Waals surface area contributed by atoms with Gasteiger partial charge in [0.05, 0.1) is 6.61 Å². The standard InChI is InChI=1S/C10H5F4NO2/c1-2-17-10(16)5-8(13)6(11)4(3-15)7(12)9(5)14/h2H2,1H3. The molecule has 0 spiro atoms. The van der Waals surface area contributed by atoms with Crippen molar-refractivity contribution < 1.29 is 27.1 Å². The van der Waals surface area contributed by atoms with Crippen LogP contribution in [0.4, 0.5) is 17.6 Å². The number of carbonyl (C=O) groups excluding carboxylic acids is 1. The molecule has 17 heavy (non-hydrogen) atoms. The van der Waals surface area contributed by atoms with Crippen molar-refractivity contribution in [3.8, 4) is 6.07 Å². The number of rotatable bonds is 2. The van der Waals surface area contributed by atoms with Crippen LogP contribution in [0.3, 0.4) is 0 Å². The predicted molar refractivity (Wildman–Crippen MR) is 46.9 cm³/mol. The number of hydrogen-bond acceptors (Lipinski definition) is 3. The van der Waals surface area contributed by atoms with Crippen LogP contribution in [0.2, 0.25) is 0 Å². The Morgan fingerprint density at radius 3 is 2.00 bits per heavy atom. The van der Waals surface area contributed by atoms with Gasteiger partial charge in [0.2, 0.25) is 0 Å². The smallest absolute Gasteiger partial charge is 0.344 e. The molecular weight excluding hydrogens is 242 g/mol. The van der Waals surface area contributed by atoms with Crippen LogP contribution < -0.4 is 0 Å². The second kappa shape index (κ2) is 4.82. The van der Waals surface area contributed by atoms with Crippen LogP contribution in [0.25, 0.3) is 0 Å². The SMILES string of the molecule is CCOC(=O)c1c(F)c(F)c(C#N)c(F)c1F. The summed E-state index contributed by atoms with van der Waals surface area (Å²) in [4.78, 5) is 11.1. The van der Waals surface area contributed by atoms with Crippen molar-refractivity contribution in [3.63, 3.8) is 0 Å². The first-order chi connectivity index (χ1) is 7.95. The minimum Gasteiger partial charge on any atom is -0.462 e. The number of benzene rings is 1. The summed E-state index contributed by atoms with van der Waals surface area (Å²) in [6.07, 6.45) is 0. The van der Waals surface area contributed by atoms with Gasteiger partial charge in [-0.25, -0.2) is 22.4 Å². The monoisotopic (exact) mass is 247 g/mol. The Balaban J connectivity index is 3.55. The quantitative estimate of drug-likeness (QED) is 0.457. The Morgan fingerprint density at radius 2 is 1.65 bits per heavy atom. The van der Waals surface area contributed by atoms with Crippen molar-refractivity contribution in [2.45, 2.75) is 6.92 Å². The van der Waals surface area contributed by atoms with Crippen molar-refractivity contribution in [2.75, 3.05) is 6.61 Å². The van der Waals surface area contributed by atoms with Gasteiger partial charge in [0.25, 0.3) is 0 Å². The first-order valence-corrected chi connectivity index (χ1v) is 4.38. The molecule has 1 aromatic carbocycles. The molecule has 0 saturated carbocycles. The van der Waals surface area contributed by atoms with E-state index < -0.39 is 40.4 Å². The largest absolute Gasteiger partial charge is 0.462 e. The molecule has 0 aliphatic carbocycles. The third-order valence-corrected chi connectivity index (χ3v) is 1.85. The Bertz CT molecular complexity index is 493. The molecular formula is C10H5F4NO2. The predicted octanol–water partition coefficient (Wildman–Crippen LogP) is 2.29. The van der Waals surface area contributed by atoms with Crippen LogP contribution in [0, 0.1) is 34.6 Å². The van der Waals surface area contributed by atoms with Crippen molar-refractivity contribution >= 4 is 5.97 Å². The number of nitriles is 1. The number of halogens is 4. The van der Waals surface area contributed by atoms with Crippen LogP contribution in [-0.2, 0) is 4.74 Å². The fourth-order valence-corrected chi connectivity index (χ4v) is 1.11. The van der Waals surface area contributed by atoms with Gasteiger partial charge in [-0.3, -0.25) is 0 Å². The molecule has 0 atom stereocenters. The molecule has 0 aliphatic heterocycles. The Labute approximate surface area is 93.2 Å². The lowest BCUT2D eigenvalue weighted by atomic mass is 10.1. The number of ether oxygens (including phenoxy) is 1. The number of carbonyl (C=O) groups is 1. The van der Waals surface area contributed by atoms with Gasteiger partial charge in [0.15, 0.2) is 23.3 Å². The summed E-state index contributed by atoms with van der Waals surface area (Å²) >= 11 is 0. The molecule has 90 valence electrons. The minimum atomic E-state index is -1.95. The highest BCUT2D eigenvalue weighted by molar-refractivity contribution is 5.90. The van der Waals surface area contributed by atoms with E-state index in [0.29, 0.717) is 0 Å². The Hall–Kier alpha value is -2.10. The summed E-state index contributed by atoms with van der Waals surface area (Å²) < 4.78 is 56.9. The second-order valence-corrected chi connectivity index (χ2v) is 2.84. The molecule has 3 nitrogen and oxygen atoms in total. The first kappa shape index (κ1) is 13.0. The molecule has 0 heterocycles. The summed E-state index contributed by atoms with van der Waals surface area (Å²) in [5.41, 5.74) is -2.91. The van der Waals surface area contributed by atoms with Gasteiger partial charge in [-0.05, 0) is 6.92 Å². The lowest BCUT2D eigenvalue weighted by Crippen LogP contribution is -2.14. The van der Waals surface area contributed by atoms with Gasteiger partial charge in [-0.1, -0.05) is 0 Å². The van der Waals surface area contributed by atoms with Crippen molar-refractivity contribution in [1.82, 2.24) is 0 Å². The van der Waals surface area contributed by atoms with Crippen molar-refractivity contribution in [3.05, 3.63) is 34.4 Å². The van der Waals surface area contributed by atoms with Crippen LogP contribution in [0.15, 0.2) is 0 Å². The van der Waals surface area contributed by atoms with E-state index in [0.717, 1.165) is 6.07 Å². The normalized spacial score (nSPS) is 9.88. The van der Waals surface area contributed by atoms with Crippen LogP contribution in [0.5, 0.6) is 0 Å². The maximum Gasteiger partial charge on any atom is 0.344 e. The van der Waals surface area contributed by atoms with E-state index in [4.69, 9.17) is 5.26 Å². The van der Waals surface area contributed by atoms with E-state index in [2.05, 4.69) is 4.74 Å². The minimum absolute atomic E-state index is 0.221. The van der Waals surface area contributed by atoms with Gasteiger partial charge in [0, 0.05) is 0 Å². The highest BCUT2D eigenvalue weighted by atomic mass is 19.2. The van der Waals surface area contributed by atoms with E-state index in [1.54, 1.807) is 0 Å². The highest BCUT2D eigenvalue weighted by Gasteiger charge is 2.30. The molecule has 0 amide bonds. The summed E-state index contributed by atoms with van der Waals surface area (Å²) in [5, 5.41) is 8.30. The molecule has 0 unspecified atom stereocenters. The molecule has 0 aromatic heterocycles. The topological polar surface area (TPSA) is 50.1 Å².